The van der Waals surface area contributed by atoms with Gasteiger partial charge in [0.2, 0.25) is 0 Å². The highest BCUT2D eigenvalue weighted by atomic mass is 32.2. The molecule has 0 aliphatic rings. The Morgan fingerprint density at radius 3 is 1.79 bits per heavy atom. The average Bonchev–Trinajstić information content (AvgIpc) is 2.22. The Labute approximate surface area is 97.9 Å². The van der Waals surface area contributed by atoms with Gasteiger partial charge in [0.15, 0.2) is 0 Å². The van der Waals surface area contributed by atoms with E-state index in [9.17, 15) is 0 Å². The molecule has 0 nitrogen and oxygen atoms in total. The van der Waals surface area contributed by atoms with Gasteiger partial charge in [0.25, 0.3) is 0 Å². The normalized spacial score (nSPS) is 7.86. The largest absolute Gasteiger partial charge is 0.169 e. The minimum Gasteiger partial charge on any atom is -0.169 e. The number of aryl methyl sites for hydroxylation is 1. The molecule has 0 unspecified atom stereocenters. The predicted molar refractivity (Wildman–Crippen MR) is 73.7 cm³/mol. The summed E-state index contributed by atoms with van der Waals surface area (Å²) in [6.45, 7) is 6.11. The van der Waals surface area contributed by atoms with Crippen LogP contribution in [0.2, 0.25) is 0 Å². The van der Waals surface area contributed by atoms with Gasteiger partial charge < -0.3 is 0 Å². The van der Waals surface area contributed by atoms with Gasteiger partial charge >= 0.3 is 0 Å². The smallest absolute Gasteiger partial charge is 0.00717 e. The first-order valence-corrected chi connectivity index (χ1v) is 7.61. The van der Waals surface area contributed by atoms with Crippen molar-refractivity contribution in [2.24, 2.45) is 0 Å². The van der Waals surface area contributed by atoms with Gasteiger partial charge in [-0.05, 0) is 37.8 Å². The van der Waals surface area contributed by atoms with E-state index in [0.29, 0.717) is 0 Å². The summed E-state index contributed by atoms with van der Waals surface area (Å²) in [7, 11) is 0. The van der Waals surface area contributed by atoms with E-state index in [4.69, 9.17) is 0 Å². The molecule has 0 saturated carbocycles. The number of benzene rings is 1. The molecule has 82 valence electrons. The van der Waals surface area contributed by atoms with E-state index in [1.165, 1.54) is 10.5 Å². The maximum Gasteiger partial charge on any atom is 0.00717 e. The average molecular weight is 230 g/mol. The third kappa shape index (κ3) is 10.0. The van der Waals surface area contributed by atoms with Gasteiger partial charge in [0.1, 0.15) is 0 Å². The lowest BCUT2D eigenvalue weighted by molar-refractivity contribution is 1.36. The van der Waals surface area contributed by atoms with Gasteiger partial charge in [-0.3, -0.25) is 0 Å². The van der Waals surface area contributed by atoms with Crippen LogP contribution < -0.4 is 0 Å². The van der Waals surface area contributed by atoms with E-state index in [1.54, 1.807) is 23.5 Å². The Hall–Kier alpha value is -0.0800. The Morgan fingerprint density at radius 1 is 1.00 bits per heavy atom. The lowest BCUT2D eigenvalue weighted by Gasteiger charge is -1.94. The highest BCUT2D eigenvalue weighted by molar-refractivity contribution is 7.98. The van der Waals surface area contributed by atoms with Crippen molar-refractivity contribution in [1.82, 2.24) is 0 Å². The van der Waals surface area contributed by atoms with Crippen LogP contribution >= 0.6 is 23.5 Å². The zero-order valence-electron chi connectivity index (χ0n) is 10.1. The molecular weight excluding hydrogens is 208 g/mol. The van der Waals surface area contributed by atoms with E-state index >= 15 is 0 Å². The molecule has 0 aliphatic heterocycles. The molecule has 1 aromatic rings. The Balaban J connectivity index is 0. The first-order chi connectivity index (χ1) is 6.74. The summed E-state index contributed by atoms with van der Waals surface area (Å²) in [5, 5.41) is 0. The van der Waals surface area contributed by atoms with Gasteiger partial charge in [-0.25, -0.2) is 0 Å². The topological polar surface area (TPSA) is 0 Å². The summed E-state index contributed by atoms with van der Waals surface area (Å²) in [5.41, 5.74) is 1.34. The molecule has 0 radical (unpaired) electrons. The van der Waals surface area contributed by atoms with Crippen LogP contribution in [0.5, 0.6) is 0 Å². The summed E-state index contributed by atoms with van der Waals surface area (Å²) in [6, 6.07) is 8.50. The van der Waals surface area contributed by atoms with E-state index in [-0.39, 0.29) is 0 Å². The van der Waals surface area contributed by atoms with Gasteiger partial charge in [0, 0.05) is 4.90 Å². The molecule has 0 N–H and O–H groups in total. The second-order valence-electron chi connectivity index (χ2n) is 2.43. The molecule has 14 heavy (non-hydrogen) atoms. The molecule has 0 saturated heterocycles. The van der Waals surface area contributed by atoms with Crippen LogP contribution in [0.15, 0.2) is 29.2 Å². The van der Waals surface area contributed by atoms with Crippen molar-refractivity contribution in [3.05, 3.63) is 29.8 Å². The fourth-order valence-corrected chi connectivity index (χ4v) is 1.26. The number of rotatable bonds is 1. The van der Waals surface area contributed by atoms with Crippen LogP contribution in [0.25, 0.3) is 0 Å². The van der Waals surface area contributed by atoms with Crippen molar-refractivity contribution in [2.75, 3.05) is 18.8 Å². The second-order valence-corrected chi connectivity index (χ2v) is 4.13. The maximum absolute atomic E-state index is 2.19. The number of thioether (sulfide) groups is 2. The molecule has 0 heterocycles. The predicted octanol–water partition coefficient (Wildman–Crippen LogP) is 4.72. The zero-order chi connectivity index (χ0) is 11.4. The molecule has 0 aliphatic carbocycles. The van der Waals surface area contributed by atoms with E-state index in [1.807, 2.05) is 26.4 Å². The minimum absolute atomic E-state index is 1.34. The van der Waals surface area contributed by atoms with Crippen LogP contribution in [-0.4, -0.2) is 18.8 Å². The molecule has 0 spiro atoms. The molecular formula is C12H22S2. The lowest BCUT2D eigenvalue weighted by Crippen LogP contribution is -1.71. The van der Waals surface area contributed by atoms with Crippen LogP contribution in [0.4, 0.5) is 0 Å². The van der Waals surface area contributed by atoms with Crippen molar-refractivity contribution >= 4 is 23.5 Å². The maximum atomic E-state index is 2.19. The monoisotopic (exact) mass is 230 g/mol. The fourth-order valence-electron chi connectivity index (χ4n) is 0.742. The number of hydrogen-bond acceptors (Lipinski definition) is 2. The quantitative estimate of drug-likeness (QED) is 0.640. The van der Waals surface area contributed by atoms with Crippen molar-refractivity contribution in [1.29, 1.82) is 0 Å². The van der Waals surface area contributed by atoms with Gasteiger partial charge in [-0.15, -0.1) is 11.8 Å². The van der Waals surface area contributed by atoms with Gasteiger partial charge in [0.05, 0.1) is 0 Å². The zero-order valence-corrected chi connectivity index (χ0v) is 11.8. The third-order valence-electron chi connectivity index (χ3n) is 1.23. The summed E-state index contributed by atoms with van der Waals surface area (Å²) >= 11 is 3.53. The standard InChI is InChI=1S/C8H10S.C2H6S.C2H6/c1-7-4-3-5-8(6-7)9-2;1-3-2;1-2/h3-6H,1-2H3;1-2H3;1-2H3. The second kappa shape index (κ2) is 12.9. The van der Waals surface area contributed by atoms with Crippen LogP contribution in [0.3, 0.4) is 0 Å². The molecule has 0 atom stereocenters. The first-order valence-electron chi connectivity index (χ1n) is 4.75. The van der Waals surface area contributed by atoms with Crippen molar-refractivity contribution in [3.63, 3.8) is 0 Å². The summed E-state index contributed by atoms with van der Waals surface area (Å²) in [5.74, 6) is 0. The van der Waals surface area contributed by atoms with E-state index in [2.05, 4.69) is 37.4 Å². The SMILES string of the molecule is CC.CSC.CSc1cccc(C)c1. The Bertz CT molecular complexity index is 209. The fraction of sp³-hybridized carbons (Fsp3) is 0.500. The lowest BCUT2D eigenvalue weighted by atomic mass is 10.2. The van der Waals surface area contributed by atoms with E-state index in [0.717, 1.165) is 0 Å². The first kappa shape index (κ1) is 16.4. The highest BCUT2D eigenvalue weighted by Gasteiger charge is 1.86. The van der Waals surface area contributed by atoms with Gasteiger partial charge in [-0.1, -0.05) is 31.5 Å². The molecule has 0 fully saturated rings. The Kier molecular flexibility index (Phi) is 15.1. The highest BCUT2D eigenvalue weighted by Crippen LogP contribution is 2.14. The Morgan fingerprint density at radius 2 is 1.50 bits per heavy atom. The minimum atomic E-state index is 1.34. The van der Waals surface area contributed by atoms with Gasteiger partial charge in [-0.2, -0.15) is 11.8 Å². The van der Waals surface area contributed by atoms with Crippen LogP contribution in [-0.2, 0) is 0 Å². The van der Waals surface area contributed by atoms with Crippen LogP contribution in [0.1, 0.15) is 19.4 Å². The van der Waals surface area contributed by atoms with Crippen molar-refractivity contribution in [3.8, 4) is 0 Å². The molecule has 1 aromatic carbocycles. The van der Waals surface area contributed by atoms with Crippen molar-refractivity contribution < 1.29 is 0 Å². The molecule has 0 bridgehead atoms. The number of hydrogen-bond donors (Lipinski definition) is 0. The van der Waals surface area contributed by atoms with Crippen LogP contribution in [0, 0.1) is 6.92 Å². The molecule has 0 aromatic heterocycles. The third-order valence-corrected chi connectivity index (χ3v) is 1.95. The summed E-state index contributed by atoms with van der Waals surface area (Å²) in [6.07, 6.45) is 6.18. The van der Waals surface area contributed by atoms with E-state index < -0.39 is 0 Å². The molecule has 0 amide bonds. The molecule has 2 heteroatoms. The summed E-state index contributed by atoms with van der Waals surface area (Å²) in [4.78, 5) is 1.34. The molecule has 1 rings (SSSR count). The van der Waals surface area contributed by atoms with Crippen molar-refractivity contribution in [2.45, 2.75) is 25.7 Å². The summed E-state index contributed by atoms with van der Waals surface area (Å²) < 4.78 is 0.